The van der Waals surface area contributed by atoms with E-state index in [4.69, 9.17) is 43.4 Å². The molecule has 2 heterocycles. The minimum Gasteiger partial charge on any atom is -0.463 e. The quantitative estimate of drug-likeness (QED) is 0.113. The number of carbonyl (C=O) groups is 3. The van der Waals surface area contributed by atoms with Crippen molar-refractivity contribution in [2.45, 2.75) is 82.5 Å². The van der Waals surface area contributed by atoms with Gasteiger partial charge in [-0.3, -0.25) is 14.4 Å². The van der Waals surface area contributed by atoms with Crippen molar-refractivity contribution in [2.24, 2.45) is 5.92 Å². The average molecular weight is 665 g/mol. The molecule has 18 heteroatoms. The van der Waals surface area contributed by atoms with E-state index in [0.717, 1.165) is 0 Å². The van der Waals surface area contributed by atoms with Gasteiger partial charge in [-0.1, -0.05) is 6.92 Å². The maximum Gasteiger partial charge on any atom is 0.305 e. The molecule has 2 fully saturated rings. The van der Waals surface area contributed by atoms with Crippen LogP contribution in [0.15, 0.2) is 0 Å². The van der Waals surface area contributed by atoms with Crippen molar-refractivity contribution in [1.29, 1.82) is 0 Å². The third-order valence-electron chi connectivity index (χ3n) is 6.48. The van der Waals surface area contributed by atoms with E-state index in [0.29, 0.717) is 0 Å². The first-order chi connectivity index (χ1) is 19.7. The zero-order valence-electron chi connectivity index (χ0n) is 25.7. The lowest BCUT2D eigenvalue weighted by Crippen LogP contribution is -2.35. The first-order valence-electron chi connectivity index (χ1n) is 13.4. The molecule has 0 aliphatic carbocycles. The Hall–Kier alpha value is -1.45. The molecule has 0 amide bonds. The maximum atomic E-state index is 12.3. The average Bonchev–Trinajstić information content (AvgIpc) is 3.27. The van der Waals surface area contributed by atoms with Crippen molar-refractivity contribution in [3.63, 3.8) is 0 Å². The van der Waals surface area contributed by atoms with Gasteiger partial charge in [0, 0.05) is 26.7 Å². The van der Waals surface area contributed by atoms with Gasteiger partial charge in [-0.2, -0.15) is 0 Å². The molecule has 0 aromatic rings. The fourth-order valence-corrected chi connectivity index (χ4v) is 5.66. The van der Waals surface area contributed by atoms with Gasteiger partial charge in [0.1, 0.15) is 50.9 Å². The number of esters is 3. The van der Waals surface area contributed by atoms with Gasteiger partial charge in [0.05, 0.1) is 25.9 Å². The molecule has 0 saturated carbocycles. The van der Waals surface area contributed by atoms with E-state index in [2.05, 4.69) is 0 Å². The Balaban J connectivity index is 0.000000469. The number of aliphatic hydroxyl groups excluding tert-OH is 4. The smallest absolute Gasteiger partial charge is 0.305 e. The van der Waals surface area contributed by atoms with Gasteiger partial charge < -0.3 is 62.7 Å². The van der Waals surface area contributed by atoms with Crippen LogP contribution in [0.5, 0.6) is 0 Å². The Kier molecular flexibility index (Phi) is 15.9. The minimum atomic E-state index is -2.71. The summed E-state index contributed by atoms with van der Waals surface area (Å²) in [6.07, 6.45) is -7.38. The van der Waals surface area contributed by atoms with E-state index in [9.17, 15) is 33.7 Å². The van der Waals surface area contributed by atoms with Gasteiger partial charge >= 0.3 is 17.9 Å². The van der Waals surface area contributed by atoms with Crippen LogP contribution in [0.3, 0.4) is 0 Å². The standard InChI is InChI=1S/C16H27O9P.C9H19O7P/c1-9-13(7-22-14(26(5,6)20)8-21-10(2)17)25-16(24-12(4)19)15(9)23-11(3)18;1-17(2,14)6(3-10)15-4-5-7(11)8(12)9(13)16-5/h9,13-16H,7-8H2,1-6H3;5-13H,3-4H2,1-2H3/t9-,13-,14?,15?,16?;5-,6?,7-,8-,9-/m11/s1. The predicted molar refractivity (Wildman–Crippen MR) is 150 cm³/mol. The highest BCUT2D eigenvalue weighted by Crippen LogP contribution is 2.44. The molecule has 0 spiro atoms. The topological polar surface area (TPSA) is 231 Å². The van der Waals surface area contributed by atoms with E-state index < -0.39 is 93.6 Å². The molecular formula is C25H46O16P2. The summed E-state index contributed by atoms with van der Waals surface area (Å²) in [5.41, 5.74) is 0. The largest absolute Gasteiger partial charge is 0.463 e. The number of aliphatic hydroxyl groups is 4. The van der Waals surface area contributed by atoms with Crippen molar-refractivity contribution in [1.82, 2.24) is 0 Å². The van der Waals surface area contributed by atoms with E-state index >= 15 is 0 Å². The summed E-state index contributed by atoms with van der Waals surface area (Å²) in [6.45, 7) is 10.8. The Morgan fingerprint density at radius 2 is 1.28 bits per heavy atom. The van der Waals surface area contributed by atoms with Crippen LogP contribution in [0.1, 0.15) is 27.7 Å². The van der Waals surface area contributed by atoms with Crippen LogP contribution in [-0.4, -0.2) is 146 Å². The highest BCUT2D eigenvalue weighted by molar-refractivity contribution is 7.63. The molecule has 2 rings (SSSR count). The number of ether oxygens (including phenoxy) is 7. The third-order valence-corrected chi connectivity index (χ3v) is 9.87. The molecule has 252 valence electrons. The van der Waals surface area contributed by atoms with Gasteiger partial charge in [0.25, 0.3) is 0 Å². The molecule has 0 aromatic carbocycles. The molecule has 10 atom stereocenters. The van der Waals surface area contributed by atoms with E-state index in [-0.39, 0.29) is 25.7 Å². The van der Waals surface area contributed by atoms with Gasteiger partial charge in [0.2, 0.25) is 6.29 Å². The molecule has 4 N–H and O–H groups in total. The van der Waals surface area contributed by atoms with Crippen LogP contribution in [-0.2, 0) is 56.7 Å². The fourth-order valence-electron chi connectivity index (χ4n) is 3.94. The first-order valence-corrected chi connectivity index (χ1v) is 18.8. The molecule has 4 unspecified atom stereocenters. The van der Waals surface area contributed by atoms with Crippen LogP contribution in [0.4, 0.5) is 0 Å². The van der Waals surface area contributed by atoms with E-state index in [1.54, 1.807) is 6.92 Å². The van der Waals surface area contributed by atoms with Crippen LogP contribution in [0.25, 0.3) is 0 Å². The molecule has 43 heavy (non-hydrogen) atoms. The highest BCUT2D eigenvalue weighted by Gasteiger charge is 2.47. The summed E-state index contributed by atoms with van der Waals surface area (Å²) in [4.78, 5) is 33.5. The van der Waals surface area contributed by atoms with Crippen molar-refractivity contribution in [3.05, 3.63) is 0 Å². The summed E-state index contributed by atoms with van der Waals surface area (Å²) >= 11 is 0. The van der Waals surface area contributed by atoms with Gasteiger partial charge in [0.15, 0.2) is 12.4 Å². The Labute approximate surface area is 251 Å². The van der Waals surface area contributed by atoms with Crippen LogP contribution >= 0.6 is 14.3 Å². The van der Waals surface area contributed by atoms with E-state index in [1.807, 2.05) is 0 Å². The fraction of sp³-hybridized carbons (Fsp3) is 0.880. The Morgan fingerprint density at radius 1 is 0.767 bits per heavy atom. The van der Waals surface area contributed by atoms with Crippen molar-refractivity contribution < 1.29 is 77.1 Å². The molecule has 2 aliphatic heterocycles. The number of rotatable bonds is 13. The highest BCUT2D eigenvalue weighted by atomic mass is 31.2. The Morgan fingerprint density at radius 3 is 1.70 bits per heavy atom. The second kappa shape index (κ2) is 17.3. The monoisotopic (exact) mass is 664 g/mol. The summed E-state index contributed by atoms with van der Waals surface area (Å²) in [7, 11) is -5.33. The molecule has 2 saturated heterocycles. The summed E-state index contributed by atoms with van der Waals surface area (Å²) < 4.78 is 60.5. The zero-order chi connectivity index (χ0) is 33.3. The molecular weight excluding hydrogens is 618 g/mol. The SMILES string of the molecule is CC(=O)OCC(OC[C@H]1OC(OC(C)=O)C(OC(C)=O)[C@@H]1C)P(C)(C)=O.CP(C)(=O)C(CO)OC[C@H]1O[C@@H](O)[C@H](O)[C@@H]1O. The predicted octanol–water partition coefficient (Wildman–Crippen LogP) is -0.246. The normalized spacial score (nSPS) is 30.5. The van der Waals surface area contributed by atoms with Crippen LogP contribution in [0, 0.1) is 5.92 Å². The Bertz CT molecular complexity index is 1010. The summed E-state index contributed by atoms with van der Waals surface area (Å²) in [5.74, 6) is -3.55. The number of hydrogen-bond acceptors (Lipinski definition) is 16. The molecule has 2 aliphatic rings. The summed E-state index contributed by atoms with van der Waals surface area (Å²) in [5, 5.41) is 36.8. The lowest BCUT2D eigenvalue weighted by atomic mass is 10.0. The van der Waals surface area contributed by atoms with Crippen molar-refractivity contribution in [2.75, 3.05) is 53.1 Å². The molecule has 0 bridgehead atoms. The van der Waals surface area contributed by atoms with Crippen molar-refractivity contribution >= 4 is 32.2 Å². The maximum absolute atomic E-state index is 12.3. The second-order valence-corrected chi connectivity index (χ2v) is 17.9. The lowest BCUT2D eigenvalue weighted by Gasteiger charge is -2.24. The first kappa shape index (κ1) is 39.6. The third kappa shape index (κ3) is 13.2. The minimum absolute atomic E-state index is 0.00823. The lowest BCUT2D eigenvalue weighted by molar-refractivity contribution is -0.196. The van der Waals surface area contributed by atoms with Gasteiger partial charge in [-0.15, -0.1) is 0 Å². The van der Waals surface area contributed by atoms with Gasteiger partial charge in [-0.25, -0.2) is 0 Å². The second-order valence-electron chi connectivity index (χ2n) is 11.1. The van der Waals surface area contributed by atoms with E-state index in [1.165, 1.54) is 47.4 Å². The summed E-state index contributed by atoms with van der Waals surface area (Å²) in [6, 6.07) is 0. The van der Waals surface area contributed by atoms with Crippen molar-refractivity contribution in [3.8, 4) is 0 Å². The van der Waals surface area contributed by atoms with Crippen LogP contribution < -0.4 is 0 Å². The number of carbonyl (C=O) groups excluding carboxylic acids is 3. The zero-order valence-corrected chi connectivity index (χ0v) is 27.5. The van der Waals surface area contributed by atoms with Gasteiger partial charge in [-0.05, 0) is 26.7 Å². The molecule has 0 aromatic heterocycles. The molecule has 16 nitrogen and oxygen atoms in total. The van der Waals surface area contributed by atoms with Crippen LogP contribution in [0.2, 0.25) is 0 Å². The number of hydrogen-bond donors (Lipinski definition) is 4. The molecule has 0 radical (unpaired) electrons.